The Morgan fingerprint density at radius 2 is 2.09 bits per heavy atom. The van der Waals surface area contributed by atoms with Gasteiger partial charge in [0.15, 0.2) is 0 Å². The third-order valence-corrected chi connectivity index (χ3v) is 5.00. The average molecular weight is 395 g/mol. The van der Waals surface area contributed by atoms with E-state index in [2.05, 4.69) is 27.3 Å². The van der Waals surface area contributed by atoms with Crippen molar-refractivity contribution >= 4 is 39.2 Å². The smallest absolute Gasteiger partial charge is 0.328 e. The van der Waals surface area contributed by atoms with Crippen LogP contribution in [0.1, 0.15) is 30.4 Å². The van der Waals surface area contributed by atoms with Gasteiger partial charge in [-0.25, -0.2) is 4.79 Å². The molecule has 1 N–H and O–H groups in total. The fourth-order valence-electron chi connectivity index (χ4n) is 3.01. The van der Waals surface area contributed by atoms with E-state index < -0.39 is 0 Å². The predicted octanol–water partition coefficient (Wildman–Crippen LogP) is 4.98. The van der Waals surface area contributed by atoms with Crippen LogP contribution in [0.15, 0.2) is 46.9 Å². The molecule has 2 atom stereocenters. The Bertz CT molecular complexity index is 735. The predicted molar refractivity (Wildman–Crippen MR) is 96.1 cm³/mol. The van der Waals surface area contributed by atoms with Crippen molar-refractivity contribution in [3.8, 4) is 0 Å². The number of benzene rings is 2. The van der Waals surface area contributed by atoms with E-state index in [9.17, 15) is 4.79 Å². The highest BCUT2D eigenvalue weighted by molar-refractivity contribution is 9.10. The molecule has 5 heteroatoms. The summed E-state index contributed by atoms with van der Waals surface area (Å²) in [5.74, 6) is -0.139. The van der Waals surface area contributed by atoms with Crippen molar-refractivity contribution in [3.05, 3.63) is 63.1 Å². The SMILES string of the molecule is CCOC(=O)C1CC(c2ccccc2Br)c2cc(Cl)ccc2N1. The maximum Gasteiger partial charge on any atom is 0.328 e. The number of rotatable bonds is 3. The van der Waals surface area contributed by atoms with Gasteiger partial charge in [-0.05, 0) is 48.7 Å². The van der Waals surface area contributed by atoms with Gasteiger partial charge in [-0.3, -0.25) is 0 Å². The zero-order chi connectivity index (χ0) is 16.4. The zero-order valence-electron chi connectivity index (χ0n) is 12.7. The standard InChI is InChI=1S/C18H17BrClNO2/c1-2-23-18(22)17-10-13(12-5-3-4-6-15(12)19)14-9-11(20)7-8-16(14)21-17/h3-9,13,17,21H,2,10H2,1H3. The third-order valence-electron chi connectivity index (χ3n) is 4.04. The topological polar surface area (TPSA) is 38.3 Å². The quantitative estimate of drug-likeness (QED) is 0.746. The average Bonchev–Trinajstić information content (AvgIpc) is 2.55. The normalized spacial score (nSPS) is 19.6. The molecule has 23 heavy (non-hydrogen) atoms. The maximum atomic E-state index is 12.2. The van der Waals surface area contributed by atoms with Crippen molar-refractivity contribution in [3.63, 3.8) is 0 Å². The number of esters is 1. The molecule has 3 rings (SSSR count). The summed E-state index contributed by atoms with van der Waals surface area (Å²) in [4.78, 5) is 12.2. The molecule has 0 spiro atoms. The number of halogens is 2. The number of anilines is 1. The lowest BCUT2D eigenvalue weighted by molar-refractivity contribution is -0.144. The Kier molecular flexibility index (Phi) is 4.93. The van der Waals surface area contributed by atoms with Crippen molar-refractivity contribution in [1.82, 2.24) is 0 Å². The minimum Gasteiger partial charge on any atom is -0.464 e. The number of carbonyl (C=O) groups excluding carboxylic acids is 1. The van der Waals surface area contributed by atoms with Crippen LogP contribution in [0.25, 0.3) is 0 Å². The Hall–Kier alpha value is -1.52. The van der Waals surface area contributed by atoms with Crippen molar-refractivity contribution < 1.29 is 9.53 Å². The zero-order valence-corrected chi connectivity index (χ0v) is 15.0. The lowest BCUT2D eigenvalue weighted by atomic mass is 9.82. The molecule has 2 unspecified atom stereocenters. The minimum atomic E-state index is -0.360. The van der Waals surface area contributed by atoms with Crippen LogP contribution in [-0.4, -0.2) is 18.6 Å². The monoisotopic (exact) mass is 393 g/mol. The molecule has 2 aromatic rings. The highest BCUT2D eigenvalue weighted by Crippen LogP contribution is 2.42. The van der Waals surface area contributed by atoms with Gasteiger partial charge in [0.1, 0.15) is 6.04 Å². The molecule has 0 aromatic heterocycles. The molecule has 0 saturated heterocycles. The van der Waals surface area contributed by atoms with Crippen molar-refractivity contribution in [2.75, 3.05) is 11.9 Å². The number of nitrogens with one attached hydrogen (secondary N) is 1. The van der Waals surface area contributed by atoms with Gasteiger partial charge in [-0.15, -0.1) is 0 Å². The van der Waals surface area contributed by atoms with E-state index in [0.717, 1.165) is 21.3 Å². The molecule has 1 aliphatic rings. The summed E-state index contributed by atoms with van der Waals surface area (Å²) < 4.78 is 6.22. The van der Waals surface area contributed by atoms with Gasteiger partial charge in [-0.2, -0.15) is 0 Å². The van der Waals surface area contributed by atoms with Crippen molar-refractivity contribution in [2.45, 2.75) is 25.3 Å². The van der Waals surface area contributed by atoms with Crippen LogP contribution in [0.2, 0.25) is 5.02 Å². The van der Waals surface area contributed by atoms with Crippen molar-refractivity contribution in [2.24, 2.45) is 0 Å². The van der Waals surface area contributed by atoms with Crippen LogP contribution in [0.4, 0.5) is 5.69 Å². The number of carbonyl (C=O) groups is 1. The van der Waals surface area contributed by atoms with Gasteiger partial charge < -0.3 is 10.1 Å². The largest absolute Gasteiger partial charge is 0.464 e. The molecule has 2 aromatic carbocycles. The van der Waals surface area contributed by atoms with Gasteiger partial charge >= 0.3 is 5.97 Å². The van der Waals surface area contributed by atoms with Crippen LogP contribution in [0, 0.1) is 0 Å². The molecule has 3 nitrogen and oxygen atoms in total. The minimum absolute atomic E-state index is 0.0786. The Morgan fingerprint density at radius 3 is 2.83 bits per heavy atom. The first-order valence-corrected chi connectivity index (χ1v) is 8.74. The first-order valence-electron chi connectivity index (χ1n) is 7.57. The fraction of sp³-hybridized carbons (Fsp3) is 0.278. The Morgan fingerprint density at radius 1 is 1.30 bits per heavy atom. The van der Waals surface area contributed by atoms with Gasteiger partial charge in [0.25, 0.3) is 0 Å². The second-order valence-electron chi connectivity index (χ2n) is 5.49. The second kappa shape index (κ2) is 6.93. The first kappa shape index (κ1) is 16.3. The molecule has 1 aliphatic heterocycles. The van der Waals surface area contributed by atoms with Crippen LogP contribution in [0.3, 0.4) is 0 Å². The van der Waals surface area contributed by atoms with E-state index in [1.807, 2.05) is 43.3 Å². The summed E-state index contributed by atoms with van der Waals surface area (Å²) >= 11 is 9.81. The fourth-order valence-corrected chi connectivity index (χ4v) is 3.75. The second-order valence-corrected chi connectivity index (χ2v) is 6.78. The summed E-state index contributed by atoms with van der Waals surface area (Å²) in [5, 5.41) is 3.97. The summed E-state index contributed by atoms with van der Waals surface area (Å²) in [5.41, 5.74) is 3.18. The Balaban J connectivity index is 2.04. The lowest BCUT2D eigenvalue weighted by Gasteiger charge is -2.33. The maximum absolute atomic E-state index is 12.2. The molecule has 0 bridgehead atoms. The lowest BCUT2D eigenvalue weighted by Crippen LogP contribution is -2.37. The highest BCUT2D eigenvalue weighted by Gasteiger charge is 2.33. The highest BCUT2D eigenvalue weighted by atomic mass is 79.9. The van der Waals surface area contributed by atoms with E-state index in [-0.39, 0.29) is 17.9 Å². The number of hydrogen-bond donors (Lipinski definition) is 1. The molecular weight excluding hydrogens is 378 g/mol. The summed E-state index contributed by atoms with van der Waals surface area (Å²) in [6.45, 7) is 2.20. The summed E-state index contributed by atoms with van der Waals surface area (Å²) in [7, 11) is 0. The first-order chi connectivity index (χ1) is 11.1. The van der Waals surface area contributed by atoms with Crippen LogP contribution in [0.5, 0.6) is 0 Å². The van der Waals surface area contributed by atoms with Crippen LogP contribution < -0.4 is 5.32 Å². The molecule has 0 aliphatic carbocycles. The van der Waals surface area contributed by atoms with Crippen LogP contribution in [-0.2, 0) is 9.53 Å². The summed E-state index contributed by atoms with van der Waals surface area (Å²) in [6.07, 6.45) is 0.634. The van der Waals surface area contributed by atoms with Gasteiger partial charge in [0.05, 0.1) is 6.61 Å². The van der Waals surface area contributed by atoms with Gasteiger partial charge in [0.2, 0.25) is 0 Å². The van der Waals surface area contributed by atoms with E-state index in [1.165, 1.54) is 0 Å². The molecule has 0 amide bonds. The van der Waals surface area contributed by atoms with E-state index in [0.29, 0.717) is 18.1 Å². The number of ether oxygens (including phenoxy) is 1. The van der Waals surface area contributed by atoms with Gasteiger partial charge in [0, 0.05) is 21.1 Å². The molecule has 120 valence electrons. The molecule has 0 radical (unpaired) electrons. The van der Waals surface area contributed by atoms with Crippen molar-refractivity contribution in [1.29, 1.82) is 0 Å². The molecular formula is C18H17BrClNO2. The molecule has 0 saturated carbocycles. The molecule has 1 heterocycles. The van der Waals surface area contributed by atoms with Crippen LogP contribution >= 0.6 is 27.5 Å². The number of fused-ring (bicyclic) bond motifs is 1. The Labute approximate surface area is 149 Å². The van der Waals surface area contributed by atoms with E-state index in [1.54, 1.807) is 0 Å². The van der Waals surface area contributed by atoms with E-state index in [4.69, 9.17) is 16.3 Å². The molecule has 0 fully saturated rings. The third kappa shape index (κ3) is 3.38. The number of hydrogen-bond acceptors (Lipinski definition) is 3. The van der Waals surface area contributed by atoms with E-state index >= 15 is 0 Å². The summed E-state index contributed by atoms with van der Waals surface area (Å²) in [6, 6.07) is 13.4. The van der Waals surface area contributed by atoms with Gasteiger partial charge in [-0.1, -0.05) is 45.7 Å².